The summed E-state index contributed by atoms with van der Waals surface area (Å²) in [7, 11) is 0. The molecule has 1 heterocycles. The molecule has 0 aromatic carbocycles. The zero-order valence-corrected chi connectivity index (χ0v) is 15.5. The van der Waals surface area contributed by atoms with Gasteiger partial charge in [0.15, 0.2) is 5.96 Å². The smallest absolute Gasteiger partial charge is 0.191 e. The van der Waals surface area contributed by atoms with Gasteiger partial charge < -0.3 is 15.7 Å². The maximum atomic E-state index is 10.3. The van der Waals surface area contributed by atoms with Crippen molar-refractivity contribution < 1.29 is 5.11 Å². The number of aliphatic imine (C=N–C) groups is 1. The Morgan fingerprint density at radius 2 is 2.11 bits per heavy atom. The number of hydrogen-bond donors (Lipinski definition) is 3. The third kappa shape index (κ3) is 7.04. The van der Waals surface area contributed by atoms with Crippen LogP contribution in [0.2, 0.25) is 0 Å². The summed E-state index contributed by atoms with van der Waals surface area (Å²) in [6, 6.07) is 0.371. The molecule has 1 fully saturated rings. The predicted octanol–water partition coefficient (Wildman–Crippen LogP) is 2.07. The highest BCUT2D eigenvalue weighted by atomic mass is 127. The van der Waals surface area contributed by atoms with Crippen molar-refractivity contribution in [2.24, 2.45) is 10.9 Å². The molecule has 0 aromatic rings. The van der Waals surface area contributed by atoms with Crippen molar-refractivity contribution in [3.05, 3.63) is 0 Å². The van der Waals surface area contributed by atoms with Crippen LogP contribution in [0.25, 0.3) is 0 Å². The van der Waals surface area contributed by atoms with Gasteiger partial charge >= 0.3 is 0 Å². The van der Waals surface area contributed by atoms with Crippen LogP contribution >= 0.6 is 35.7 Å². The van der Waals surface area contributed by atoms with E-state index in [1.165, 1.54) is 0 Å². The normalized spacial score (nSPS) is 25.1. The lowest BCUT2D eigenvalue weighted by Crippen LogP contribution is -2.45. The second-order valence-electron chi connectivity index (χ2n) is 5.40. The first kappa shape index (κ1) is 19.3. The fraction of sp³-hybridized carbons (Fsp3) is 0.923. The lowest BCUT2D eigenvalue weighted by Gasteiger charge is -2.23. The number of nitrogens with zero attached hydrogens (tertiary/aromatic N) is 1. The van der Waals surface area contributed by atoms with Crippen molar-refractivity contribution in [1.29, 1.82) is 0 Å². The van der Waals surface area contributed by atoms with Gasteiger partial charge in [-0.3, -0.25) is 4.99 Å². The second kappa shape index (κ2) is 9.28. The van der Waals surface area contributed by atoms with Crippen LogP contribution < -0.4 is 10.6 Å². The maximum Gasteiger partial charge on any atom is 0.191 e. The second-order valence-corrected chi connectivity index (χ2v) is 6.50. The highest BCUT2D eigenvalue weighted by Gasteiger charge is 2.31. The molecule has 2 atom stereocenters. The first-order valence-electron chi connectivity index (χ1n) is 6.82. The number of guanidine groups is 1. The summed E-state index contributed by atoms with van der Waals surface area (Å²) in [5.41, 5.74) is -0.603. The van der Waals surface area contributed by atoms with E-state index in [-0.39, 0.29) is 24.0 Å². The molecule has 2 unspecified atom stereocenters. The number of nitrogens with one attached hydrogen (secondary N) is 2. The summed E-state index contributed by atoms with van der Waals surface area (Å²) in [6.45, 7) is 9.89. The largest absolute Gasteiger partial charge is 0.387 e. The summed E-state index contributed by atoms with van der Waals surface area (Å²) in [5, 5.41) is 16.9. The molecule has 3 N–H and O–H groups in total. The van der Waals surface area contributed by atoms with Crippen LogP contribution in [0.15, 0.2) is 4.99 Å². The van der Waals surface area contributed by atoms with E-state index in [1.807, 2.05) is 0 Å². The van der Waals surface area contributed by atoms with Crippen LogP contribution in [-0.4, -0.2) is 47.3 Å². The Bertz CT molecular complexity index is 281. The Kier molecular flexibility index (Phi) is 9.43. The van der Waals surface area contributed by atoms with Gasteiger partial charge in [0.25, 0.3) is 0 Å². The molecule has 6 heteroatoms. The van der Waals surface area contributed by atoms with Crippen LogP contribution in [-0.2, 0) is 0 Å². The molecule has 1 saturated heterocycles. The van der Waals surface area contributed by atoms with Crippen LogP contribution in [0.3, 0.4) is 0 Å². The molecule has 0 amide bonds. The number of aliphatic hydroxyl groups is 1. The van der Waals surface area contributed by atoms with Gasteiger partial charge in [-0.2, -0.15) is 11.8 Å². The van der Waals surface area contributed by atoms with E-state index in [0.29, 0.717) is 18.5 Å². The maximum absolute atomic E-state index is 10.3. The molecule has 1 rings (SSSR count). The average molecular weight is 401 g/mol. The molecule has 19 heavy (non-hydrogen) atoms. The van der Waals surface area contributed by atoms with Crippen LogP contribution in [0.1, 0.15) is 34.1 Å². The van der Waals surface area contributed by atoms with Crippen LogP contribution in [0.4, 0.5) is 0 Å². The van der Waals surface area contributed by atoms with E-state index in [9.17, 15) is 5.11 Å². The van der Waals surface area contributed by atoms with E-state index < -0.39 is 5.60 Å². The SMILES string of the molecule is CCNC(=NCC1(O)CCSC1)NC(C)C(C)C.I. The Morgan fingerprint density at radius 3 is 2.58 bits per heavy atom. The Labute approximate surface area is 138 Å². The van der Waals surface area contributed by atoms with Gasteiger partial charge in [-0.25, -0.2) is 0 Å². The predicted molar refractivity (Wildman–Crippen MR) is 95.7 cm³/mol. The van der Waals surface area contributed by atoms with Gasteiger partial charge in [-0.15, -0.1) is 24.0 Å². The van der Waals surface area contributed by atoms with E-state index >= 15 is 0 Å². The van der Waals surface area contributed by atoms with Gasteiger partial charge in [0, 0.05) is 18.3 Å². The monoisotopic (exact) mass is 401 g/mol. The molecule has 1 aliphatic rings. The standard InChI is InChI=1S/C13H27N3OS.HI/c1-5-14-12(16-11(4)10(2)3)15-8-13(17)6-7-18-9-13;/h10-11,17H,5-9H2,1-4H3,(H2,14,15,16);1H. The first-order valence-corrected chi connectivity index (χ1v) is 7.97. The number of halogens is 1. The molecular formula is C13H28IN3OS. The molecule has 0 spiro atoms. The zero-order chi connectivity index (χ0) is 13.6. The van der Waals surface area contributed by atoms with E-state index in [0.717, 1.165) is 30.4 Å². The minimum atomic E-state index is -0.603. The zero-order valence-electron chi connectivity index (χ0n) is 12.4. The third-order valence-corrected chi connectivity index (χ3v) is 4.56. The van der Waals surface area contributed by atoms with Gasteiger partial charge in [0.1, 0.15) is 0 Å². The van der Waals surface area contributed by atoms with Gasteiger partial charge in [0.05, 0.1) is 12.1 Å². The van der Waals surface area contributed by atoms with Crippen LogP contribution in [0, 0.1) is 5.92 Å². The molecule has 0 aliphatic carbocycles. The Balaban J connectivity index is 0.00000324. The molecule has 0 saturated carbocycles. The average Bonchev–Trinajstić information content (AvgIpc) is 2.74. The molecule has 114 valence electrons. The Morgan fingerprint density at radius 1 is 1.42 bits per heavy atom. The minimum Gasteiger partial charge on any atom is -0.387 e. The van der Waals surface area contributed by atoms with E-state index in [2.05, 4.69) is 43.3 Å². The van der Waals surface area contributed by atoms with Crippen molar-refractivity contribution in [2.45, 2.75) is 45.8 Å². The van der Waals surface area contributed by atoms with Gasteiger partial charge in [-0.1, -0.05) is 13.8 Å². The molecular weight excluding hydrogens is 373 g/mol. The summed E-state index contributed by atoms with van der Waals surface area (Å²) >= 11 is 1.80. The lowest BCUT2D eigenvalue weighted by atomic mass is 10.0. The van der Waals surface area contributed by atoms with Crippen molar-refractivity contribution in [3.8, 4) is 0 Å². The van der Waals surface area contributed by atoms with Gasteiger partial charge in [0.2, 0.25) is 0 Å². The quantitative estimate of drug-likeness (QED) is 0.375. The fourth-order valence-corrected chi connectivity index (χ4v) is 2.93. The topological polar surface area (TPSA) is 56.7 Å². The van der Waals surface area contributed by atoms with Crippen molar-refractivity contribution in [2.75, 3.05) is 24.6 Å². The third-order valence-electron chi connectivity index (χ3n) is 3.32. The molecule has 0 aromatic heterocycles. The molecule has 1 aliphatic heterocycles. The van der Waals surface area contributed by atoms with Crippen molar-refractivity contribution >= 4 is 41.7 Å². The van der Waals surface area contributed by atoms with Crippen molar-refractivity contribution in [1.82, 2.24) is 10.6 Å². The molecule has 0 bridgehead atoms. The summed E-state index contributed by atoms with van der Waals surface area (Å²) in [6.07, 6.45) is 0.848. The van der Waals surface area contributed by atoms with E-state index in [4.69, 9.17) is 0 Å². The number of thioether (sulfide) groups is 1. The number of rotatable bonds is 5. The Hall–Kier alpha value is 0.310. The summed E-state index contributed by atoms with van der Waals surface area (Å²) < 4.78 is 0. The van der Waals surface area contributed by atoms with Gasteiger partial charge in [-0.05, 0) is 31.9 Å². The molecule has 4 nitrogen and oxygen atoms in total. The van der Waals surface area contributed by atoms with Crippen LogP contribution in [0.5, 0.6) is 0 Å². The fourth-order valence-electron chi connectivity index (χ4n) is 1.65. The molecule has 0 radical (unpaired) electrons. The summed E-state index contributed by atoms with van der Waals surface area (Å²) in [4.78, 5) is 4.52. The van der Waals surface area contributed by atoms with E-state index in [1.54, 1.807) is 11.8 Å². The first-order chi connectivity index (χ1) is 8.47. The lowest BCUT2D eigenvalue weighted by molar-refractivity contribution is 0.0778. The minimum absolute atomic E-state index is 0. The summed E-state index contributed by atoms with van der Waals surface area (Å²) in [5.74, 6) is 3.21. The highest BCUT2D eigenvalue weighted by Crippen LogP contribution is 2.27. The number of hydrogen-bond acceptors (Lipinski definition) is 3. The van der Waals surface area contributed by atoms with Crippen molar-refractivity contribution in [3.63, 3.8) is 0 Å². The highest BCUT2D eigenvalue weighted by molar-refractivity contribution is 14.0.